The lowest BCUT2D eigenvalue weighted by molar-refractivity contribution is -0.140. The van der Waals surface area contributed by atoms with Crippen LogP contribution in [0.5, 0.6) is 0 Å². The van der Waals surface area contributed by atoms with Gasteiger partial charge in [0.2, 0.25) is 0 Å². The normalized spacial score (nSPS) is 13.1. The van der Waals surface area contributed by atoms with Crippen molar-refractivity contribution in [2.75, 3.05) is 6.61 Å². The van der Waals surface area contributed by atoms with Gasteiger partial charge in [0, 0.05) is 6.04 Å². The summed E-state index contributed by atoms with van der Waals surface area (Å²) in [6.07, 6.45) is -5.37. The molecule has 0 saturated heterocycles. The van der Waals surface area contributed by atoms with Crippen molar-refractivity contribution in [1.29, 1.82) is 0 Å². The van der Waals surface area contributed by atoms with Crippen molar-refractivity contribution in [3.8, 4) is 0 Å². The van der Waals surface area contributed by atoms with Crippen LogP contribution in [-0.4, -0.2) is 24.8 Å². The molecule has 19 heavy (non-hydrogen) atoms. The predicted octanol–water partition coefficient (Wildman–Crippen LogP) is 2.02. The number of carbonyl (C=O) groups is 1. The number of carbonyl (C=O) groups excluding carboxylic acids is 1. The van der Waals surface area contributed by atoms with Crippen molar-refractivity contribution in [1.82, 2.24) is 5.43 Å². The quantitative estimate of drug-likeness (QED) is 0.474. The van der Waals surface area contributed by atoms with Crippen LogP contribution in [0.2, 0.25) is 0 Å². The molecule has 0 saturated carbocycles. The maximum absolute atomic E-state index is 12.1. The molecule has 0 aliphatic rings. The molecule has 0 aromatic heterocycles. The van der Waals surface area contributed by atoms with Gasteiger partial charge in [0.25, 0.3) is 0 Å². The number of halogens is 3. The van der Waals surface area contributed by atoms with E-state index >= 15 is 0 Å². The lowest BCUT2D eigenvalue weighted by Crippen LogP contribution is -2.39. The molecule has 0 bridgehead atoms. The van der Waals surface area contributed by atoms with E-state index in [0.717, 1.165) is 0 Å². The minimum Gasteiger partial charge on any atom is -0.462 e. The van der Waals surface area contributed by atoms with Crippen LogP contribution in [-0.2, 0) is 4.74 Å². The highest BCUT2D eigenvalue weighted by molar-refractivity contribution is 5.89. The Morgan fingerprint density at radius 3 is 2.47 bits per heavy atom. The molecular weight excluding hydrogens is 261 g/mol. The molecule has 106 valence electrons. The molecule has 1 aromatic carbocycles. The van der Waals surface area contributed by atoms with Crippen molar-refractivity contribution in [2.45, 2.75) is 25.1 Å². The summed E-state index contributed by atoms with van der Waals surface area (Å²) in [6.45, 7) is -0.126. The second-order valence-electron chi connectivity index (χ2n) is 3.97. The number of hydrogen-bond donors (Lipinski definition) is 2. The molecule has 4 nitrogen and oxygen atoms in total. The summed E-state index contributed by atoms with van der Waals surface area (Å²) in [5.41, 5.74) is 2.42. The standard InChI is InChI=1S/C12H15F3N2O2/c13-12(14,15)8-10(17-16)6-7-19-11(18)9-4-2-1-3-5-9/h1-5,10,17H,6-8,16H2. The minimum absolute atomic E-state index is 0.00537. The number of ether oxygens (including phenoxy) is 1. The van der Waals surface area contributed by atoms with Crippen LogP contribution in [0, 0.1) is 0 Å². The molecule has 0 heterocycles. The molecule has 1 atom stereocenters. The third-order valence-electron chi connectivity index (χ3n) is 2.42. The second-order valence-corrected chi connectivity index (χ2v) is 3.97. The summed E-state index contributed by atoms with van der Waals surface area (Å²) in [7, 11) is 0. The molecular formula is C12H15F3N2O2. The minimum atomic E-state index is -4.31. The maximum Gasteiger partial charge on any atom is 0.390 e. The highest BCUT2D eigenvalue weighted by Crippen LogP contribution is 2.22. The number of alkyl halides is 3. The molecule has 0 spiro atoms. The second kappa shape index (κ2) is 7.10. The summed E-state index contributed by atoms with van der Waals surface area (Å²) < 4.78 is 41.3. The number of rotatable bonds is 6. The van der Waals surface area contributed by atoms with Crippen molar-refractivity contribution in [2.24, 2.45) is 5.84 Å². The van der Waals surface area contributed by atoms with Gasteiger partial charge in [-0.25, -0.2) is 4.79 Å². The van der Waals surface area contributed by atoms with E-state index in [9.17, 15) is 18.0 Å². The lowest BCUT2D eigenvalue weighted by atomic mass is 10.1. The molecule has 1 aromatic rings. The van der Waals surface area contributed by atoms with Gasteiger partial charge >= 0.3 is 12.1 Å². The van der Waals surface area contributed by atoms with E-state index in [0.29, 0.717) is 5.56 Å². The van der Waals surface area contributed by atoms with E-state index < -0.39 is 24.6 Å². The van der Waals surface area contributed by atoms with Crippen molar-refractivity contribution in [3.05, 3.63) is 35.9 Å². The number of nitrogens with one attached hydrogen (secondary N) is 1. The molecule has 7 heteroatoms. The van der Waals surface area contributed by atoms with Crippen molar-refractivity contribution < 1.29 is 22.7 Å². The molecule has 3 N–H and O–H groups in total. The van der Waals surface area contributed by atoms with Crippen LogP contribution in [0.1, 0.15) is 23.2 Å². The topological polar surface area (TPSA) is 64.3 Å². The predicted molar refractivity (Wildman–Crippen MR) is 63.1 cm³/mol. The smallest absolute Gasteiger partial charge is 0.390 e. The summed E-state index contributed by atoms with van der Waals surface area (Å²) >= 11 is 0. The zero-order valence-electron chi connectivity index (χ0n) is 10.1. The van der Waals surface area contributed by atoms with Gasteiger partial charge in [0.05, 0.1) is 18.6 Å². The van der Waals surface area contributed by atoms with Gasteiger partial charge in [-0.2, -0.15) is 13.2 Å². The summed E-state index contributed by atoms with van der Waals surface area (Å²) in [5, 5.41) is 0. The first-order chi connectivity index (χ1) is 8.92. The maximum atomic E-state index is 12.1. The number of nitrogens with two attached hydrogens (primary N) is 1. The Hall–Kier alpha value is -1.60. The largest absolute Gasteiger partial charge is 0.462 e. The Labute approximate surface area is 108 Å². The van der Waals surface area contributed by atoms with Gasteiger partial charge in [-0.1, -0.05) is 18.2 Å². The van der Waals surface area contributed by atoms with Crippen LogP contribution in [0.3, 0.4) is 0 Å². The van der Waals surface area contributed by atoms with E-state index in [-0.39, 0.29) is 13.0 Å². The van der Waals surface area contributed by atoms with Gasteiger partial charge < -0.3 is 4.74 Å². The molecule has 0 amide bonds. The number of hydrazine groups is 1. The van der Waals surface area contributed by atoms with Crippen molar-refractivity contribution in [3.63, 3.8) is 0 Å². The Bertz CT molecular complexity index is 396. The fourth-order valence-corrected chi connectivity index (χ4v) is 1.48. The fraction of sp³-hybridized carbons (Fsp3) is 0.417. The van der Waals surface area contributed by atoms with Gasteiger partial charge in [0.15, 0.2) is 0 Å². The van der Waals surface area contributed by atoms with Gasteiger partial charge in [-0.15, -0.1) is 0 Å². The lowest BCUT2D eigenvalue weighted by Gasteiger charge is -2.17. The highest BCUT2D eigenvalue weighted by atomic mass is 19.4. The summed E-state index contributed by atoms with van der Waals surface area (Å²) in [5.74, 6) is 4.45. The molecule has 0 aliphatic heterocycles. The summed E-state index contributed by atoms with van der Waals surface area (Å²) in [4.78, 5) is 11.5. The average Bonchev–Trinajstić information content (AvgIpc) is 2.37. The third-order valence-corrected chi connectivity index (χ3v) is 2.42. The van der Waals surface area contributed by atoms with Gasteiger partial charge in [-0.05, 0) is 18.6 Å². The van der Waals surface area contributed by atoms with E-state index in [4.69, 9.17) is 10.6 Å². The third kappa shape index (κ3) is 6.21. The van der Waals surface area contributed by atoms with Crippen LogP contribution >= 0.6 is 0 Å². The fourth-order valence-electron chi connectivity index (χ4n) is 1.48. The zero-order chi connectivity index (χ0) is 14.3. The molecule has 0 radical (unpaired) electrons. The first-order valence-corrected chi connectivity index (χ1v) is 5.67. The van der Waals surface area contributed by atoms with E-state index in [1.807, 2.05) is 0 Å². The first-order valence-electron chi connectivity index (χ1n) is 5.67. The Morgan fingerprint density at radius 1 is 1.32 bits per heavy atom. The van der Waals surface area contributed by atoms with Crippen LogP contribution in [0.15, 0.2) is 30.3 Å². The SMILES string of the molecule is NNC(CCOC(=O)c1ccccc1)CC(F)(F)F. The van der Waals surface area contributed by atoms with Crippen LogP contribution < -0.4 is 11.3 Å². The number of esters is 1. The molecule has 1 unspecified atom stereocenters. The number of benzene rings is 1. The molecule has 0 fully saturated rings. The molecule has 0 aliphatic carbocycles. The number of hydrogen-bond acceptors (Lipinski definition) is 4. The Balaban J connectivity index is 2.35. The van der Waals surface area contributed by atoms with Gasteiger partial charge in [0.1, 0.15) is 0 Å². The average molecular weight is 276 g/mol. The van der Waals surface area contributed by atoms with Crippen LogP contribution in [0.4, 0.5) is 13.2 Å². The molecule has 1 rings (SSSR count). The van der Waals surface area contributed by atoms with Gasteiger partial charge in [-0.3, -0.25) is 11.3 Å². The summed E-state index contributed by atoms with van der Waals surface area (Å²) in [6, 6.07) is 7.25. The van der Waals surface area contributed by atoms with Crippen molar-refractivity contribution >= 4 is 5.97 Å². The van der Waals surface area contributed by atoms with E-state index in [1.54, 1.807) is 30.3 Å². The first kappa shape index (κ1) is 15.5. The van der Waals surface area contributed by atoms with Crippen LogP contribution in [0.25, 0.3) is 0 Å². The highest BCUT2D eigenvalue weighted by Gasteiger charge is 2.31. The van der Waals surface area contributed by atoms with E-state index in [1.165, 1.54) is 0 Å². The Morgan fingerprint density at radius 2 is 1.95 bits per heavy atom. The Kier molecular flexibility index (Phi) is 5.78. The monoisotopic (exact) mass is 276 g/mol. The zero-order valence-corrected chi connectivity index (χ0v) is 10.1. The van der Waals surface area contributed by atoms with E-state index in [2.05, 4.69) is 5.43 Å².